The fourth-order valence-electron chi connectivity index (χ4n) is 2.27. The quantitative estimate of drug-likeness (QED) is 0.764. The molecule has 2 amide bonds. The molecule has 4 heteroatoms. The van der Waals surface area contributed by atoms with Crippen LogP contribution in [0.15, 0.2) is 53.4 Å². The number of benzene rings is 2. The van der Waals surface area contributed by atoms with Gasteiger partial charge in [-0.15, -0.1) is 0 Å². The lowest BCUT2D eigenvalue weighted by atomic mass is 10.1. The van der Waals surface area contributed by atoms with E-state index in [4.69, 9.17) is 0 Å². The van der Waals surface area contributed by atoms with Gasteiger partial charge in [-0.2, -0.15) is 0 Å². The van der Waals surface area contributed by atoms with Crippen molar-refractivity contribution in [2.24, 2.45) is 0 Å². The Morgan fingerprint density at radius 3 is 2.36 bits per heavy atom. The fraction of sp³-hybridized carbons (Fsp3) is 0.111. The van der Waals surface area contributed by atoms with Crippen LogP contribution in [-0.2, 0) is 4.79 Å². The highest BCUT2D eigenvalue weighted by atomic mass is 32.2. The second-order valence-corrected chi connectivity index (χ2v) is 6.26. The van der Waals surface area contributed by atoms with Crippen LogP contribution in [0, 0.1) is 13.8 Å². The van der Waals surface area contributed by atoms with Crippen molar-refractivity contribution in [1.82, 2.24) is 0 Å². The standard InChI is InChI=1S/C18H15NO2S/c1-12-6-8-14(9-7-12)11-16-17(20)19(18(21)22-16)15-5-3-4-13(2)10-15/h3-11H,1-2H3/b16-11-. The maximum absolute atomic E-state index is 12.5. The molecule has 0 unspecified atom stereocenters. The Kier molecular flexibility index (Phi) is 3.86. The summed E-state index contributed by atoms with van der Waals surface area (Å²) in [7, 11) is 0. The van der Waals surface area contributed by atoms with Gasteiger partial charge in [-0.25, -0.2) is 4.90 Å². The molecule has 0 aliphatic carbocycles. The van der Waals surface area contributed by atoms with Crippen LogP contribution in [0.4, 0.5) is 10.5 Å². The average Bonchev–Trinajstić information content (AvgIpc) is 2.76. The van der Waals surface area contributed by atoms with Crippen molar-refractivity contribution >= 4 is 34.7 Å². The molecule has 1 aliphatic heterocycles. The maximum Gasteiger partial charge on any atom is 0.298 e. The van der Waals surface area contributed by atoms with Gasteiger partial charge in [-0.3, -0.25) is 9.59 Å². The Balaban J connectivity index is 1.93. The van der Waals surface area contributed by atoms with Crippen LogP contribution in [0.3, 0.4) is 0 Å². The second-order valence-electron chi connectivity index (χ2n) is 5.27. The van der Waals surface area contributed by atoms with Crippen molar-refractivity contribution < 1.29 is 9.59 Å². The zero-order chi connectivity index (χ0) is 15.7. The molecule has 1 heterocycles. The highest BCUT2D eigenvalue weighted by molar-refractivity contribution is 8.19. The van der Waals surface area contributed by atoms with E-state index >= 15 is 0 Å². The molecule has 22 heavy (non-hydrogen) atoms. The van der Waals surface area contributed by atoms with Gasteiger partial charge in [0.2, 0.25) is 0 Å². The van der Waals surface area contributed by atoms with E-state index in [0.717, 1.165) is 28.5 Å². The Bertz CT molecular complexity index is 778. The van der Waals surface area contributed by atoms with Gasteiger partial charge < -0.3 is 0 Å². The minimum atomic E-state index is -0.263. The number of thioether (sulfide) groups is 1. The van der Waals surface area contributed by atoms with Gasteiger partial charge in [0.1, 0.15) is 0 Å². The first-order valence-corrected chi connectivity index (χ1v) is 7.77. The van der Waals surface area contributed by atoms with E-state index in [0.29, 0.717) is 10.6 Å². The van der Waals surface area contributed by atoms with Crippen LogP contribution >= 0.6 is 11.8 Å². The van der Waals surface area contributed by atoms with Crippen LogP contribution in [-0.4, -0.2) is 11.1 Å². The minimum Gasteiger partial charge on any atom is -0.268 e. The molecule has 110 valence electrons. The van der Waals surface area contributed by atoms with Gasteiger partial charge in [0, 0.05) is 0 Å². The molecule has 0 bridgehead atoms. The maximum atomic E-state index is 12.5. The second kappa shape index (κ2) is 5.81. The zero-order valence-electron chi connectivity index (χ0n) is 12.4. The Labute approximate surface area is 133 Å². The lowest BCUT2D eigenvalue weighted by Gasteiger charge is -2.12. The number of carbonyl (C=O) groups is 2. The molecule has 3 rings (SSSR count). The number of nitrogens with zero attached hydrogens (tertiary/aromatic N) is 1. The zero-order valence-corrected chi connectivity index (χ0v) is 13.2. The van der Waals surface area contributed by atoms with Crippen molar-refractivity contribution in [3.8, 4) is 0 Å². The van der Waals surface area contributed by atoms with Gasteiger partial charge in [-0.05, 0) is 54.9 Å². The van der Waals surface area contributed by atoms with Crippen LogP contribution in [0.2, 0.25) is 0 Å². The van der Waals surface area contributed by atoms with E-state index in [2.05, 4.69) is 0 Å². The molecule has 2 aromatic rings. The van der Waals surface area contributed by atoms with Gasteiger partial charge >= 0.3 is 0 Å². The molecule has 0 saturated carbocycles. The molecule has 0 N–H and O–H groups in total. The summed E-state index contributed by atoms with van der Waals surface area (Å²) in [4.78, 5) is 26.4. The van der Waals surface area contributed by atoms with E-state index in [1.165, 1.54) is 4.90 Å². The first-order valence-electron chi connectivity index (χ1n) is 6.96. The van der Waals surface area contributed by atoms with Crippen LogP contribution < -0.4 is 4.90 Å². The molecule has 0 aromatic heterocycles. The molecule has 0 radical (unpaired) electrons. The number of rotatable bonds is 2. The highest BCUT2D eigenvalue weighted by Gasteiger charge is 2.36. The van der Waals surface area contributed by atoms with Gasteiger partial charge in [-0.1, -0.05) is 42.0 Å². The van der Waals surface area contributed by atoms with Crippen LogP contribution in [0.5, 0.6) is 0 Å². The summed E-state index contributed by atoms with van der Waals surface area (Å²) in [6.45, 7) is 3.94. The number of hydrogen-bond donors (Lipinski definition) is 0. The molecular formula is C18H15NO2S. The molecule has 3 nitrogen and oxygen atoms in total. The van der Waals surface area contributed by atoms with E-state index < -0.39 is 0 Å². The number of hydrogen-bond acceptors (Lipinski definition) is 3. The first-order chi connectivity index (χ1) is 10.5. The minimum absolute atomic E-state index is 0.256. The molecule has 0 atom stereocenters. The summed E-state index contributed by atoms with van der Waals surface area (Å²) in [6, 6.07) is 15.2. The molecule has 1 saturated heterocycles. The largest absolute Gasteiger partial charge is 0.298 e. The summed E-state index contributed by atoms with van der Waals surface area (Å²) in [5.74, 6) is -0.263. The predicted octanol–water partition coefficient (Wildman–Crippen LogP) is 4.54. The third-order valence-corrected chi connectivity index (χ3v) is 4.30. The van der Waals surface area contributed by atoms with Gasteiger partial charge in [0.05, 0.1) is 10.6 Å². The van der Waals surface area contributed by atoms with Crippen molar-refractivity contribution in [1.29, 1.82) is 0 Å². The summed E-state index contributed by atoms with van der Waals surface area (Å²) >= 11 is 0.980. The molecule has 1 fully saturated rings. The number of amides is 2. The third-order valence-electron chi connectivity index (χ3n) is 3.43. The first kappa shape index (κ1) is 14.6. The Hall–Kier alpha value is -2.33. The van der Waals surface area contributed by atoms with E-state index in [1.807, 2.05) is 56.3 Å². The monoisotopic (exact) mass is 309 g/mol. The number of aryl methyl sites for hydroxylation is 2. The van der Waals surface area contributed by atoms with Crippen molar-refractivity contribution in [2.45, 2.75) is 13.8 Å². The number of carbonyl (C=O) groups excluding carboxylic acids is 2. The van der Waals surface area contributed by atoms with Gasteiger partial charge in [0.15, 0.2) is 0 Å². The lowest BCUT2D eigenvalue weighted by Crippen LogP contribution is -2.27. The van der Waals surface area contributed by atoms with Crippen LogP contribution in [0.25, 0.3) is 6.08 Å². The van der Waals surface area contributed by atoms with E-state index in [9.17, 15) is 9.59 Å². The lowest BCUT2D eigenvalue weighted by molar-refractivity contribution is -0.113. The summed E-state index contributed by atoms with van der Waals surface area (Å²) in [5, 5.41) is -0.256. The van der Waals surface area contributed by atoms with Crippen molar-refractivity contribution in [2.75, 3.05) is 4.90 Å². The average molecular weight is 309 g/mol. The Morgan fingerprint density at radius 1 is 0.955 bits per heavy atom. The SMILES string of the molecule is Cc1ccc(/C=C2\SC(=O)N(c3cccc(C)c3)C2=O)cc1. The van der Waals surface area contributed by atoms with Crippen molar-refractivity contribution in [3.63, 3.8) is 0 Å². The molecular weight excluding hydrogens is 294 g/mol. The molecule has 2 aromatic carbocycles. The molecule has 0 spiro atoms. The third kappa shape index (κ3) is 2.83. The summed E-state index contributed by atoms with van der Waals surface area (Å²) in [5.41, 5.74) is 3.71. The fourth-order valence-corrected chi connectivity index (χ4v) is 3.11. The highest BCUT2D eigenvalue weighted by Crippen LogP contribution is 2.35. The van der Waals surface area contributed by atoms with Gasteiger partial charge in [0.25, 0.3) is 11.1 Å². The molecule has 1 aliphatic rings. The summed E-state index contributed by atoms with van der Waals surface area (Å²) < 4.78 is 0. The van der Waals surface area contributed by atoms with E-state index in [-0.39, 0.29) is 11.1 Å². The van der Waals surface area contributed by atoms with E-state index in [1.54, 1.807) is 12.1 Å². The predicted molar refractivity (Wildman–Crippen MR) is 90.8 cm³/mol. The number of anilines is 1. The Morgan fingerprint density at radius 2 is 1.68 bits per heavy atom. The topological polar surface area (TPSA) is 37.4 Å². The number of imide groups is 1. The smallest absolute Gasteiger partial charge is 0.268 e. The normalized spacial score (nSPS) is 16.6. The summed E-state index contributed by atoms with van der Waals surface area (Å²) in [6.07, 6.45) is 1.76. The van der Waals surface area contributed by atoms with Crippen LogP contribution in [0.1, 0.15) is 16.7 Å². The van der Waals surface area contributed by atoms with Crippen molar-refractivity contribution in [3.05, 3.63) is 70.1 Å².